The summed E-state index contributed by atoms with van der Waals surface area (Å²) in [6, 6.07) is -0.628. The van der Waals surface area contributed by atoms with E-state index in [-0.39, 0.29) is 18.5 Å². The summed E-state index contributed by atoms with van der Waals surface area (Å²) in [6.07, 6.45) is 90.9. The van der Waals surface area contributed by atoms with E-state index in [0.29, 0.717) is 19.4 Å². The first-order chi connectivity index (χ1) is 40.0. The van der Waals surface area contributed by atoms with Crippen LogP contribution in [-0.2, 0) is 14.3 Å². The molecule has 1 amide bonds. The van der Waals surface area contributed by atoms with E-state index in [1.54, 1.807) is 6.08 Å². The predicted octanol–water partition coefficient (Wildman–Crippen LogP) is 23.9. The minimum Gasteiger partial charge on any atom is -0.466 e. The summed E-state index contributed by atoms with van der Waals surface area (Å²) < 4.78 is 5.49. The highest BCUT2D eigenvalue weighted by Gasteiger charge is 2.18. The third kappa shape index (κ3) is 67.1. The van der Waals surface area contributed by atoms with Crippen LogP contribution < -0.4 is 5.32 Å². The van der Waals surface area contributed by atoms with Gasteiger partial charge in [-0.3, -0.25) is 9.59 Å². The van der Waals surface area contributed by atoms with Crippen LogP contribution in [0.1, 0.15) is 406 Å². The van der Waals surface area contributed by atoms with Gasteiger partial charge in [0, 0.05) is 12.8 Å². The van der Waals surface area contributed by atoms with Crippen LogP contribution in [0, 0.1) is 0 Å². The largest absolute Gasteiger partial charge is 0.466 e. The average Bonchev–Trinajstić information content (AvgIpc) is 3.47. The molecule has 0 rings (SSSR count). The third-order valence-corrected chi connectivity index (χ3v) is 17.2. The summed E-state index contributed by atoms with van der Waals surface area (Å²) in [5, 5.41) is 23.3. The van der Waals surface area contributed by atoms with Crippen LogP contribution in [0.25, 0.3) is 0 Å². The summed E-state index contributed by atoms with van der Waals surface area (Å²) in [6.45, 7) is 4.91. The Morgan fingerprint density at radius 1 is 0.346 bits per heavy atom. The smallest absolute Gasteiger partial charge is 0.305 e. The molecule has 6 heteroatoms. The van der Waals surface area contributed by atoms with Gasteiger partial charge in [-0.25, -0.2) is 0 Å². The van der Waals surface area contributed by atoms with Crippen LogP contribution in [0.3, 0.4) is 0 Å². The Balaban J connectivity index is 3.40. The normalized spacial score (nSPS) is 12.7. The molecule has 478 valence electrons. The molecule has 0 saturated carbocycles. The van der Waals surface area contributed by atoms with E-state index < -0.39 is 12.1 Å². The standard InChI is InChI=1S/C75H143NO5/c1-3-5-7-9-11-13-15-17-19-20-21-22-23-27-30-33-36-40-43-47-51-55-59-63-67-73(78)72(71-77)76-74(79)68-64-60-56-52-48-44-41-37-34-31-28-25-24-26-29-32-35-38-42-46-50-54-58-62-66-70-81-75(80)69-65-61-57-53-49-45-39-18-16-14-12-10-8-6-4-2/h12,14,18,39,63,67,72-73,77-78H,3-11,13,15-17,19-38,40-62,64-66,68-71H2,1-2H3,(H,76,79)/b14-12-,39-18-,67-63+. The van der Waals surface area contributed by atoms with Gasteiger partial charge in [0.05, 0.1) is 25.4 Å². The number of esters is 1. The number of nitrogens with one attached hydrogen (secondary N) is 1. The maximum atomic E-state index is 12.5. The minimum absolute atomic E-state index is 0.00257. The molecule has 0 aliphatic rings. The molecule has 0 aromatic carbocycles. The van der Waals surface area contributed by atoms with Gasteiger partial charge in [0.1, 0.15) is 0 Å². The summed E-state index contributed by atoms with van der Waals surface area (Å²) >= 11 is 0. The Morgan fingerprint density at radius 2 is 0.617 bits per heavy atom. The lowest BCUT2D eigenvalue weighted by Gasteiger charge is -2.20. The number of amides is 1. The van der Waals surface area contributed by atoms with Crippen LogP contribution >= 0.6 is 0 Å². The second-order valence-corrected chi connectivity index (χ2v) is 25.3. The molecular formula is C75H143NO5. The second kappa shape index (κ2) is 70.6. The number of carbonyl (C=O) groups is 2. The van der Waals surface area contributed by atoms with E-state index in [1.807, 2.05) is 6.08 Å². The highest BCUT2D eigenvalue weighted by atomic mass is 16.5. The van der Waals surface area contributed by atoms with Crippen LogP contribution in [0.5, 0.6) is 0 Å². The van der Waals surface area contributed by atoms with Gasteiger partial charge in [0.25, 0.3) is 0 Å². The summed E-state index contributed by atoms with van der Waals surface area (Å²) in [5.41, 5.74) is 0. The maximum absolute atomic E-state index is 12.5. The zero-order valence-corrected chi connectivity index (χ0v) is 54.8. The van der Waals surface area contributed by atoms with Gasteiger partial charge in [0.15, 0.2) is 0 Å². The van der Waals surface area contributed by atoms with Crippen LogP contribution in [0.15, 0.2) is 36.5 Å². The molecule has 2 atom stereocenters. The van der Waals surface area contributed by atoms with Crippen molar-refractivity contribution in [1.29, 1.82) is 0 Å². The number of aliphatic hydroxyl groups excluding tert-OH is 2. The molecule has 0 heterocycles. The number of rotatable bonds is 69. The van der Waals surface area contributed by atoms with Crippen LogP contribution in [0.4, 0.5) is 0 Å². The van der Waals surface area contributed by atoms with E-state index in [1.165, 1.54) is 327 Å². The molecule has 0 saturated heterocycles. The van der Waals surface area contributed by atoms with Crippen molar-refractivity contribution in [2.75, 3.05) is 13.2 Å². The monoisotopic (exact) mass is 1140 g/mol. The second-order valence-electron chi connectivity index (χ2n) is 25.3. The highest BCUT2D eigenvalue weighted by Crippen LogP contribution is 2.19. The van der Waals surface area contributed by atoms with Gasteiger partial charge in [-0.1, -0.05) is 365 Å². The molecule has 3 N–H and O–H groups in total. The maximum Gasteiger partial charge on any atom is 0.305 e. The number of unbranched alkanes of at least 4 members (excludes halogenated alkanes) is 54. The molecular weight excluding hydrogens is 995 g/mol. The van der Waals surface area contributed by atoms with Gasteiger partial charge in [-0.15, -0.1) is 0 Å². The van der Waals surface area contributed by atoms with E-state index in [2.05, 4.69) is 43.5 Å². The Morgan fingerprint density at radius 3 is 0.963 bits per heavy atom. The molecule has 6 nitrogen and oxygen atoms in total. The SMILES string of the molecule is CCCCC/C=C\C/C=C\CCCCCCCC(=O)OCCCCCCCCCCCCCCCCCCCCCCCCCCCC(=O)NC(CO)C(O)/C=C/CCCCCCCCCCCCCCCCCCCCCCCC. The first-order valence-electron chi connectivity index (χ1n) is 36.8. The number of hydrogen-bond acceptors (Lipinski definition) is 5. The fourth-order valence-electron chi connectivity index (χ4n) is 11.6. The third-order valence-electron chi connectivity index (χ3n) is 17.2. The van der Waals surface area contributed by atoms with Crippen LogP contribution in [0.2, 0.25) is 0 Å². The zero-order chi connectivity index (χ0) is 58.5. The molecule has 0 aliphatic heterocycles. The summed E-state index contributed by atoms with van der Waals surface area (Å²) in [4.78, 5) is 24.6. The number of hydrogen-bond donors (Lipinski definition) is 3. The van der Waals surface area contributed by atoms with Gasteiger partial charge < -0.3 is 20.3 Å². The van der Waals surface area contributed by atoms with Crippen molar-refractivity contribution in [3.63, 3.8) is 0 Å². The number of carbonyl (C=O) groups excluding carboxylic acids is 2. The fourth-order valence-corrected chi connectivity index (χ4v) is 11.6. The molecule has 0 aromatic rings. The Labute approximate surface area is 506 Å². The first kappa shape index (κ1) is 79.1. The zero-order valence-electron chi connectivity index (χ0n) is 54.8. The van der Waals surface area contributed by atoms with Gasteiger partial charge >= 0.3 is 5.97 Å². The number of allylic oxidation sites excluding steroid dienone is 5. The number of aliphatic hydroxyl groups is 2. The van der Waals surface area contributed by atoms with E-state index in [9.17, 15) is 19.8 Å². The van der Waals surface area contributed by atoms with Crippen molar-refractivity contribution < 1.29 is 24.5 Å². The van der Waals surface area contributed by atoms with Gasteiger partial charge in [-0.2, -0.15) is 0 Å². The summed E-state index contributed by atoms with van der Waals surface area (Å²) in [7, 11) is 0. The van der Waals surface area contributed by atoms with Crippen molar-refractivity contribution in [1.82, 2.24) is 5.32 Å². The molecule has 0 aliphatic carbocycles. The molecule has 0 spiro atoms. The van der Waals surface area contributed by atoms with E-state index in [4.69, 9.17) is 4.74 Å². The molecule has 0 radical (unpaired) electrons. The summed E-state index contributed by atoms with van der Waals surface area (Å²) in [5.74, 6) is -0.0594. The van der Waals surface area contributed by atoms with E-state index in [0.717, 1.165) is 51.4 Å². The van der Waals surface area contributed by atoms with Gasteiger partial charge in [-0.05, 0) is 64.2 Å². The first-order valence-corrected chi connectivity index (χ1v) is 36.8. The Bertz CT molecular complexity index is 1310. The average molecular weight is 1140 g/mol. The van der Waals surface area contributed by atoms with Crippen molar-refractivity contribution >= 4 is 11.9 Å². The number of ether oxygens (including phenoxy) is 1. The Hall–Kier alpha value is -1.92. The highest BCUT2D eigenvalue weighted by molar-refractivity contribution is 5.76. The fraction of sp³-hybridized carbons (Fsp3) is 0.893. The van der Waals surface area contributed by atoms with Crippen LogP contribution in [-0.4, -0.2) is 47.4 Å². The van der Waals surface area contributed by atoms with Crippen molar-refractivity contribution in [2.45, 2.75) is 418 Å². The lowest BCUT2D eigenvalue weighted by Crippen LogP contribution is -2.45. The lowest BCUT2D eigenvalue weighted by atomic mass is 10.0. The Kier molecular flexibility index (Phi) is 68.9. The molecule has 0 bridgehead atoms. The van der Waals surface area contributed by atoms with E-state index >= 15 is 0 Å². The van der Waals surface area contributed by atoms with Gasteiger partial charge in [0.2, 0.25) is 5.91 Å². The van der Waals surface area contributed by atoms with Crippen molar-refractivity contribution in [2.24, 2.45) is 0 Å². The van der Waals surface area contributed by atoms with Crippen molar-refractivity contribution in [3.8, 4) is 0 Å². The lowest BCUT2D eigenvalue weighted by molar-refractivity contribution is -0.143. The quantitative estimate of drug-likeness (QED) is 0.0320. The topological polar surface area (TPSA) is 95.9 Å². The molecule has 0 aromatic heterocycles. The molecule has 2 unspecified atom stereocenters. The molecule has 0 fully saturated rings. The predicted molar refractivity (Wildman–Crippen MR) is 356 cm³/mol. The molecule has 81 heavy (non-hydrogen) atoms. The van der Waals surface area contributed by atoms with Crippen molar-refractivity contribution in [3.05, 3.63) is 36.5 Å². The minimum atomic E-state index is -0.845.